The topological polar surface area (TPSA) is 109 Å². The molecular weight excluding hydrogens is 490 g/mol. The third-order valence-corrected chi connectivity index (χ3v) is 8.77. The van der Waals surface area contributed by atoms with Gasteiger partial charge in [0.05, 0.1) is 44.0 Å². The van der Waals surface area contributed by atoms with Crippen LogP contribution in [0.4, 0.5) is 0 Å². The van der Waals surface area contributed by atoms with Gasteiger partial charge in [0.2, 0.25) is 11.8 Å². The number of amides is 2. The summed E-state index contributed by atoms with van der Waals surface area (Å²) in [5.41, 5.74) is -1.31. The van der Waals surface area contributed by atoms with Crippen molar-refractivity contribution >= 4 is 17.8 Å². The SMILES string of the molecule is CC1CC/C=C\[C@H]2OC34C=CCN(CCN5CCOCC5)C(=O)[C@H]3N(C(CO)C(C)C)C(=O)[C@@H]4C2C(=O)O1. The van der Waals surface area contributed by atoms with Crippen molar-refractivity contribution in [1.29, 1.82) is 0 Å². The summed E-state index contributed by atoms with van der Waals surface area (Å²) >= 11 is 0. The molecule has 10 heteroatoms. The molecule has 0 aromatic heterocycles. The monoisotopic (exact) mass is 531 g/mol. The zero-order chi connectivity index (χ0) is 27.0. The van der Waals surface area contributed by atoms with E-state index in [-0.39, 0.29) is 30.4 Å². The van der Waals surface area contributed by atoms with Gasteiger partial charge >= 0.3 is 5.97 Å². The Bertz CT molecular complexity index is 977. The summed E-state index contributed by atoms with van der Waals surface area (Å²) in [6, 6.07) is -1.56. The number of fused-ring (bicyclic) bond motifs is 2. The van der Waals surface area contributed by atoms with Crippen LogP contribution < -0.4 is 0 Å². The van der Waals surface area contributed by atoms with Crippen LogP contribution in [0.15, 0.2) is 24.3 Å². The van der Waals surface area contributed by atoms with E-state index in [1.165, 1.54) is 4.90 Å². The number of esters is 1. The number of rotatable bonds is 6. The molecular formula is C28H41N3O7. The van der Waals surface area contributed by atoms with Gasteiger partial charge in [-0.3, -0.25) is 19.3 Å². The lowest BCUT2D eigenvalue weighted by Crippen LogP contribution is -2.59. The first-order valence-corrected chi connectivity index (χ1v) is 14.0. The largest absolute Gasteiger partial charge is 0.462 e. The molecule has 0 bridgehead atoms. The van der Waals surface area contributed by atoms with Crippen LogP contribution in [0, 0.1) is 17.8 Å². The highest BCUT2D eigenvalue weighted by Crippen LogP contribution is 2.54. The molecule has 10 nitrogen and oxygen atoms in total. The lowest BCUT2D eigenvalue weighted by molar-refractivity contribution is -0.160. The number of allylic oxidation sites excluding steroid dienone is 1. The Morgan fingerprint density at radius 3 is 2.58 bits per heavy atom. The van der Waals surface area contributed by atoms with Gasteiger partial charge in [-0.05, 0) is 25.7 Å². The Kier molecular flexibility index (Phi) is 7.96. The van der Waals surface area contributed by atoms with Gasteiger partial charge in [0.1, 0.15) is 17.6 Å². The quantitative estimate of drug-likeness (QED) is 0.392. The molecule has 0 aromatic rings. The minimum absolute atomic E-state index is 0.107. The summed E-state index contributed by atoms with van der Waals surface area (Å²) in [6.07, 6.45) is 8.04. The Balaban J connectivity index is 1.52. The average molecular weight is 532 g/mol. The molecule has 4 unspecified atom stereocenters. The molecule has 38 heavy (non-hydrogen) atoms. The molecule has 1 spiro atoms. The van der Waals surface area contributed by atoms with Crippen LogP contribution in [0.3, 0.4) is 0 Å². The van der Waals surface area contributed by atoms with Crippen molar-refractivity contribution in [1.82, 2.24) is 14.7 Å². The van der Waals surface area contributed by atoms with E-state index < -0.39 is 41.6 Å². The number of hydrogen-bond donors (Lipinski definition) is 1. The summed E-state index contributed by atoms with van der Waals surface area (Å²) in [5.74, 6) is -2.90. The van der Waals surface area contributed by atoms with Gasteiger partial charge in [0.15, 0.2) is 0 Å². The van der Waals surface area contributed by atoms with Gasteiger partial charge in [0, 0.05) is 32.7 Å². The van der Waals surface area contributed by atoms with Crippen LogP contribution in [0.25, 0.3) is 0 Å². The van der Waals surface area contributed by atoms with Crippen molar-refractivity contribution in [3.05, 3.63) is 24.3 Å². The Morgan fingerprint density at radius 2 is 1.87 bits per heavy atom. The fourth-order valence-electron chi connectivity index (χ4n) is 6.70. The van der Waals surface area contributed by atoms with E-state index in [2.05, 4.69) is 4.90 Å². The highest BCUT2D eigenvalue weighted by Gasteiger charge is 2.72. The molecule has 210 valence electrons. The molecule has 5 aliphatic heterocycles. The lowest BCUT2D eigenvalue weighted by atomic mass is 9.78. The fourth-order valence-corrected chi connectivity index (χ4v) is 6.70. The Hall–Kier alpha value is -2.27. The number of cyclic esters (lactones) is 1. The summed E-state index contributed by atoms with van der Waals surface area (Å²) in [5, 5.41) is 10.4. The van der Waals surface area contributed by atoms with Crippen molar-refractivity contribution in [2.24, 2.45) is 17.8 Å². The number of aliphatic hydroxyl groups excluding tert-OH is 1. The first-order chi connectivity index (χ1) is 18.3. The maximum atomic E-state index is 14.3. The second-order valence-corrected chi connectivity index (χ2v) is 11.5. The number of hydrogen-bond acceptors (Lipinski definition) is 8. The first kappa shape index (κ1) is 27.3. The number of ether oxygens (including phenoxy) is 3. The van der Waals surface area contributed by atoms with Crippen LogP contribution in [0.1, 0.15) is 33.6 Å². The molecule has 5 aliphatic rings. The van der Waals surface area contributed by atoms with E-state index in [1.54, 1.807) is 4.90 Å². The van der Waals surface area contributed by atoms with Gasteiger partial charge in [0.25, 0.3) is 0 Å². The van der Waals surface area contributed by atoms with E-state index in [4.69, 9.17) is 14.2 Å². The van der Waals surface area contributed by atoms with Crippen LogP contribution in [-0.2, 0) is 28.6 Å². The van der Waals surface area contributed by atoms with E-state index in [0.29, 0.717) is 39.3 Å². The van der Waals surface area contributed by atoms with Crippen molar-refractivity contribution in [3.63, 3.8) is 0 Å². The molecule has 3 saturated heterocycles. The zero-order valence-corrected chi connectivity index (χ0v) is 22.7. The molecule has 0 radical (unpaired) electrons. The summed E-state index contributed by atoms with van der Waals surface area (Å²) < 4.78 is 17.9. The molecule has 3 fully saturated rings. The first-order valence-electron chi connectivity index (χ1n) is 14.0. The number of likely N-dealkylation sites (tertiary alicyclic amines) is 1. The number of carbonyl (C=O) groups excluding carboxylic acids is 3. The maximum Gasteiger partial charge on any atom is 0.313 e. The van der Waals surface area contributed by atoms with Gasteiger partial charge in [-0.1, -0.05) is 38.2 Å². The summed E-state index contributed by atoms with van der Waals surface area (Å²) in [7, 11) is 0. The fraction of sp³-hybridized carbons (Fsp3) is 0.750. The number of carbonyl (C=O) groups is 3. The van der Waals surface area contributed by atoms with Gasteiger partial charge in [-0.2, -0.15) is 0 Å². The standard InChI is InChI=1S/C28H41N3O7/c1-18(2)20(17-32)31-24-26(34)30(12-11-29-13-15-36-16-14-29)10-6-9-28(24)23(25(31)33)22-21(38-28)8-5-4-7-19(3)37-27(22)35/h5-6,8-9,18-24,32H,4,7,10-17H2,1-3H3/b8-5-/t19?,20?,21-,22?,23+,24-,28?/m1/s1. The molecule has 0 aromatic carbocycles. The van der Waals surface area contributed by atoms with E-state index >= 15 is 0 Å². The predicted octanol–water partition coefficient (Wildman–Crippen LogP) is 0.596. The molecule has 5 heterocycles. The van der Waals surface area contributed by atoms with E-state index in [9.17, 15) is 19.5 Å². The highest BCUT2D eigenvalue weighted by atomic mass is 16.6. The summed E-state index contributed by atoms with van der Waals surface area (Å²) in [4.78, 5) is 47.6. The second kappa shape index (κ2) is 11.1. The molecule has 1 N–H and O–H groups in total. The maximum absolute atomic E-state index is 14.3. The number of nitrogens with zero attached hydrogens (tertiary/aromatic N) is 3. The molecule has 0 saturated carbocycles. The van der Waals surface area contributed by atoms with E-state index in [0.717, 1.165) is 19.5 Å². The van der Waals surface area contributed by atoms with Crippen molar-refractivity contribution < 1.29 is 33.7 Å². The number of aliphatic hydroxyl groups is 1. The van der Waals surface area contributed by atoms with Crippen molar-refractivity contribution in [2.75, 3.05) is 52.5 Å². The normalized spacial score (nSPS) is 37.6. The summed E-state index contributed by atoms with van der Waals surface area (Å²) in [6.45, 7) is 9.98. The smallest absolute Gasteiger partial charge is 0.313 e. The number of morpholine rings is 1. The Morgan fingerprint density at radius 1 is 1.11 bits per heavy atom. The average Bonchev–Trinajstić information content (AvgIpc) is 3.29. The van der Waals surface area contributed by atoms with Gasteiger partial charge in [-0.15, -0.1) is 0 Å². The van der Waals surface area contributed by atoms with Crippen molar-refractivity contribution in [3.8, 4) is 0 Å². The van der Waals surface area contributed by atoms with Crippen molar-refractivity contribution in [2.45, 2.75) is 63.5 Å². The van der Waals surface area contributed by atoms with Gasteiger partial charge < -0.3 is 29.1 Å². The van der Waals surface area contributed by atoms with E-state index in [1.807, 2.05) is 45.1 Å². The zero-order valence-electron chi connectivity index (χ0n) is 22.7. The molecule has 7 atom stereocenters. The molecule has 0 aliphatic carbocycles. The Labute approximate surface area is 224 Å². The predicted molar refractivity (Wildman–Crippen MR) is 138 cm³/mol. The van der Waals surface area contributed by atoms with Crippen LogP contribution in [0.2, 0.25) is 0 Å². The van der Waals surface area contributed by atoms with Crippen LogP contribution in [-0.4, -0.2) is 120 Å². The minimum Gasteiger partial charge on any atom is -0.462 e. The van der Waals surface area contributed by atoms with Crippen LogP contribution >= 0.6 is 0 Å². The van der Waals surface area contributed by atoms with Crippen LogP contribution in [0.5, 0.6) is 0 Å². The van der Waals surface area contributed by atoms with Gasteiger partial charge in [-0.25, -0.2) is 0 Å². The molecule has 5 rings (SSSR count). The molecule has 2 amide bonds. The highest BCUT2D eigenvalue weighted by molar-refractivity contribution is 5.99. The third-order valence-electron chi connectivity index (χ3n) is 8.77. The minimum atomic E-state index is -1.31. The lowest BCUT2D eigenvalue weighted by Gasteiger charge is -2.40. The second-order valence-electron chi connectivity index (χ2n) is 11.5. The third kappa shape index (κ3) is 4.69.